The molecule has 0 aliphatic rings. The van der Waals surface area contributed by atoms with E-state index in [4.69, 9.17) is 0 Å². The standard InChI is InChI=1S/C18H14F3N3O2/c19-13-8-9-14(17(21)16(13)20)24-15(25)11-23-18(26)22-10-4-7-12-5-2-1-3-6-12/h1-3,5-6,8-9H,10-11H2,(H,24,25)(H2,22,23,26). The van der Waals surface area contributed by atoms with Crippen molar-refractivity contribution < 1.29 is 22.8 Å². The molecule has 8 heteroatoms. The number of benzene rings is 2. The monoisotopic (exact) mass is 361 g/mol. The zero-order chi connectivity index (χ0) is 18.9. The lowest BCUT2D eigenvalue weighted by Gasteiger charge is -2.08. The van der Waals surface area contributed by atoms with Crippen LogP contribution < -0.4 is 16.0 Å². The van der Waals surface area contributed by atoms with Crippen LogP contribution in [-0.2, 0) is 4.79 Å². The highest BCUT2D eigenvalue weighted by atomic mass is 19.2. The van der Waals surface area contributed by atoms with Crippen molar-refractivity contribution in [3.63, 3.8) is 0 Å². The quantitative estimate of drug-likeness (QED) is 0.578. The summed E-state index contributed by atoms with van der Waals surface area (Å²) in [6.07, 6.45) is 0. The third kappa shape index (κ3) is 5.56. The fourth-order valence-corrected chi connectivity index (χ4v) is 1.83. The summed E-state index contributed by atoms with van der Waals surface area (Å²) in [4.78, 5) is 23.1. The van der Waals surface area contributed by atoms with Crippen LogP contribution in [0.15, 0.2) is 42.5 Å². The van der Waals surface area contributed by atoms with Crippen LogP contribution in [-0.4, -0.2) is 25.0 Å². The van der Waals surface area contributed by atoms with Crippen molar-refractivity contribution in [2.45, 2.75) is 0 Å². The predicted octanol–water partition coefficient (Wildman–Crippen LogP) is 2.39. The molecule has 3 amide bonds. The first-order valence-corrected chi connectivity index (χ1v) is 7.46. The van der Waals surface area contributed by atoms with Gasteiger partial charge in [0.1, 0.15) is 0 Å². The second kappa shape index (κ2) is 9.13. The van der Waals surface area contributed by atoms with Crippen LogP contribution in [0.2, 0.25) is 0 Å². The molecule has 3 N–H and O–H groups in total. The van der Waals surface area contributed by atoms with Crippen molar-refractivity contribution >= 4 is 17.6 Å². The predicted molar refractivity (Wildman–Crippen MR) is 89.7 cm³/mol. The van der Waals surface area contributed by atoms with E-state index in [1.807, 2.05) is 35.6 Å². The highest BCUT2D eigenvalue weighted by Crippen LogP contribution is 2.19. The van der Waals surface area contributed by atoms with Crippen LogP contribution in [0.4, 0.5) is 23.7 Å². The Hall–Kier alpha value is -3.47. The molecule has 0 spiro atoms. The number of nitrogens with one attached hydrogen (secondary N) is 3. The molecule has 5 nitrogen and oxygen atoms in total. The number of anilines is 1. The van der Waals surface area contributed by atoms with E-state index in [-0.39, 0.29) is 6.54 Å². The van der Waals surface area contributed by atoms with Gasteiger partial charge in [-0.3, -0.25) is 4.79 Å². The molecule has 0 bridgehead atoms. The van der Waals surface area contributed by atoms with Crippen molar-refractivity contribution in [1.29, 1.82) is 0 Å². The molecule has 2 aromatic rings. The van der Waals surface area contributed by atoms with Gasteiger partial charge in [0.25, 0.3) is 0 Å². The first-order valence-electron chi connectivity index (χ1n) is 7.46. The molecule has 2 rings (SSSR count). The molecule has 0 saturated heterocycles. The molecule has 0 fully saturated rings. The van der Waals surface area contributed by atoms with Gasteiger partial charge in [-0.1, -0.05) is 30.0 Å². The highest BCUT2D eigenvalue weighted by Gasteiger charge is 2.15. The lowest BCUT2D eigenvalue weighted by atomic mass is 10.2. The fourth-order valence-electron chi connectivity index (χ4n) is 1.83. The van der Waals surface area contributed by atoms with E-state index >= 15 is 0 Å². The summed E-state index contributed by atoms with van der Waals surface area (Å²) in [5.41, 5.74) is 0.271. The number of carbonyl (C=O) groups is 2. The Morgan fingerprint density at radius 1 is 0.923 bits per heavy atom. The Kier molecular flexibility index (Phi) is 6.62. The topological polar surface area (TPSA) is 70.2 Å². The zero-order valence-electron chi connectivity index (χ0n) is 13.4. The Bertz CT molecular complexity index is 861. The molecule has 134 valence electrons. The highest BCUT2D eigenvalue weighted by molar-refractivity contribution is 5.94. The smallest absolute Gasteiger partial charge is 0.315 e. The first-order chi connectivity index (χ1) is 12.5. The maximum absolute atomic E-state index is 13.4. The molecule has 0 unspecified atom stereocenters. The number of hydrogen-bond donors (Lipinski definition) is 3. The summed E-state index contributed by atoms with van der Waals surface area (Å²) >= 11 is 0. The van der Waals surface area contributed by atoms with Crippen molar-refractivity contribution in [3.05, 3.63) is 65.5 Å². The summed E-state index contributed by atoms with van der Waals surface area (Å²) in [5.74, 6) is 0.188. The minimum Gasteiger partial charge on any atom is -0.329 e. The number of halogens is 3. The second-order valence-electron chi connectivity index (χ2n) is 4.98. The lowest BCUT2D eigenvalue weighted by molar-refractivity contribution is -0.115. The molecule has 0 saturated carbocycles. The third-order valence-electron chi connectivity index (χ3n) is 3.06. The Labute approximate surface area is 147 Å². The molecule has 26 heavy (non-hydrogen) atoms. The molecule has 0 aromatic heterocycles. The lowest BCUT2D eigenvalue weighted by Crippen LogP contribution is -2.40. The zero-order valence-corrected chi connectivity index (χ0v) is 13.4. The van der Waals surface area contributed by atoms with Crippen LogP contribution >= 0.6 is 0 Å². The maximum atomic E-state index is 13.4. The van der Waals surface area contributed by atoms with Crippen LogP contribution in [0.1, 0.15) is 5.56 Å². The number of amides is 3. The second-order valence-corrected chi connectivity index (χ2v) is 4.98. The molecule has 0 atom stereocenters. The number of hydrogen-bond acceptors (Lipinski definition) is 2. The van der Waals surface area contributed by atoms with Crippen LogP contribution in [0.25, 0.3) is 0 Å². The van der Waals surface area contributed by atoms with Gasteiger partial charge in [-0.25, -0.2) is 18.0 Å². The Balaban J connectivity index is 1.74. The summed E-state index contributed by atoms with van der Waals surface area (Å²) < 4.78 is 39.3. The van der Waals surface area contributed by atoms with E-state index in [1.165, 1.54) is 0 Å². The van der Waals surface area contributed by atoms with Crippen molar-refractivity contribution in [2.24, 2.45) is 0 Å². The van der Waals surface area contributed by atoms with Crippen molar-refractivity contribution in [3.8, 4) is 11.8 Å². The molecule has 0 radical (unpaired) electrons. The van der Waals surface area contributed by atoms with Gasteiger partial charge in [0.15, 0.2) is 17.5 Å². The van der Waals surface area contributed by atoms with Gasteiger partial charge >= 0.3 is 6.03 Å². The van der Waals surface area contributed by atoms with E-state index in [9.17, 15) is 22.8 Å². The summed E-state index contributed by atoms with van der Waals surface area (Å²) in [5, 5.41) is 6.67. The number of carbonyl (C=O) groups excluding carboxylic acids is 2. The van der Waals surface area contributed by atoms with Crippen LogP contribution in [0, 0.1) is 29.3 Å². The SMILES string of the molecule is O=C(CNC(=O)NCC#Cc1ccccc1)Nc1ccc(F)c(F)c1F. The largest absolute Gasteiger partial charge is 0.329 e. The average Bonchev–Trinajstić information content (AvgIpc) is 2.65. The van der Waals surface area contributed by atoms with Crippen LogP contribution in [0.5, 0.6) is 0 Å². The molecule has 0 heterocycles. The van der Waals surface area contributed by atoms with Gasteiger partial charge in [-0.15, -0.1) is 0 Å². The van der Waals surface area contributed by atoms with E-state index in [2.05, 4.69) is 22.5 Å². The van der Waals surface area contributed by atoms with Gasteiger partial charge in [-0.2, -0.15) is 0 Å². The molecule has 2 aromatic carbocycles. The van der Waals surface area contributed by atoms with Crippen molar-refractivity contribution in [2.75, 3.05) is 18.4 Å². The van der Waals surface area contributed by atoms with E-state index in [1.54, 1.807) is 0 Å². The van der Waals surface area contributed by atoms with E-state index in [0.29, 0.717) is 6.07 Å². The van der Waals surface area contributed by atoms with Gasteiger partial charge in [-0.05, 0) is 24.3 Å². The van der Waals surface area contributed by atoms with Gasteiger partial charge < -0.3 is 16.0 Å². The first kappa shape index (κ1) is 18.9. The van der Waals surface area contributed by atoms with Crippen molar-refractivity contribution in [1.82, 2.24) is 10.6 Å². The molecule has 0 aliphatic heterocycles. The van der Waals surface area contributed by atoms with Gasteiger partial charge in [0.05, 0.1) is 18.8 Å². The van der Waals surface area contributed by atoms with E-state index < -0.39 is 41.6 Å². The Morgan fingerprint density at radius 3 is 2.38 bits per heavy atom. The molecular formula is C18H14F3N3O2. The minimum absolute atomic E-state index is 0.0557. The summed E-state index contributed by atoms with van der Waals surface area (Å²) in [6.45, 7) is -0.434. The van der Waals surface area contributed by atoms with Gasteiger partial charge in [0, 0.05) is 5.56 Å². The summed E-state index contributed by atoms with van der Waals surface area (Å²) in [6, 6.07) is 10.0. The van der Waals surface area contributed by atoms with Crippen LogP contribution in [0.3, 0.4) is 0 Å². The minimum atomic E-state index is -1.69. The normalized spacial score (nSPS) is 9.65. The molecule has 0 aliphatic carbocycles. The summed E-state index contributed by atoms with van der Waals surface area (Å²) in [7, 11) is 0. The third-order valence-corrected chi connectivity index (χ3v) is 3.06. The average molecular weight is 361 g/mol. The molecular weight excluding hydrogens is 347 g/mol. The maximum Gasteiger partial charge on any atom is 0.315 e. The van der Waals surface area contributed by atoms with Gasteiger partial charge in [0.2, 0.25) is 5.91 Å². The Morgan fingerprint density at radius 2 is 1.65 bits per heavy atom. The fraction of sp³-hybridized carbons (Fsp3) is 0.111. The van der Waals surface area contributed by atoms with E-state index in [0.717, 1.165) is 11.6 Å². The number of rotatable bonds is 4. The number of urea groups is 1.